The predicted molar refractivity (Wildman–Crippen MR) is 79.9 cm³/mol. The first-order valence-corrected chi connectivity index (χ1v) is 7.39. The maximum atomic E-state index is 13.8. The van der Waals surface area contributed by atoms with E-state index in [4.69, 9.17) is 11.6 Å². The average molecular weight is 380 g/mol. The van der Waals surface area contributed by atoms with Crippen LogP contribution < -0.4 is 4.74 Å². The summed E-state index contributed by atoms with van der Waals surface area (Å²) >= 11 is 9.35. The summed E-state index contributed by atoms with van der Waals surface area (Å²) in [6.07, 6.45) is 0.217. The molecule has 0 fully saturated rings. The van der Waals surface area contributed by atoms with Crippen molar-refractivity contribution in [3.8, 4) is 5.75 Å². The molecule has 0 aromatic heterocycles. The molecule has 21 heavy (non-hydrogen) atoms. The van der Waals surface area contributed by atoms with Crippen LogP contribution in [-0.4, -0.2) is 6.61 Å². The van der Waals surface area contributed by atoms with Gasteiger partial charge in [0, 0.05) is 21.0 Å². The predicted octanol–water partition coefficient (Wildman–Crippen LogP) is 5.76. The van der Waals surface area contributed by atoms with Gasteiger partial charge in [-0.2, -0.15) is 8.78 Å². The quantitative estimate of drug-likeness (QED) is 0.600. The Hall–Kier alpha value is -1.20. The highest BCUT2D eigenvalue weighted by atomic mass is 79.9. The van der Waals surface area contributed by atoms with Crippen molar-refractivity contribution < 1.29 is 17.9 Å². The largest absolute Gasteiger partial charge is 0.435 e. The van der Waals surface area contributed by atoms with E-state index in [0.717, 1.165) is 0 Å². The maximum Gasteiger partial charge on any atom is 0.387 e. The average Bonchev–Trinajstić information content (AvgIpc) is 2.43. The highest BCUT2D eigenvalue weighted by Crippen LogP contribution is 2.36. The number of hydrogen-bond acceptors (Lipinski definition) is 1. The Morgan fingerprint density at radius 1 is 1.10 bits per heavy atom. The summed E-state index contributed by atoms with van der Waals surface area (Å²) in [5.74, 6) is -0.374. The van der Waals surface area contributed by atoms with Gasteiger partial charge in [-0.25, -0.2) is 4.39 Å². The first kappa shape index (κ1) is 16.2. The number of halogens is 5. The van der Waals surface area contributed by atoms with E-state index >= 15 is 0 Å². The first-order valence-electron chi connectivity index (χ1n) is 6.09. The zero-order chi connectivity index (χ0) is 15.4. The Kier molecular flexibility index (Phi) is 5.53. The number of rotatable bonds is 5. The molecule has 2 rings (SSSR count). The summed E-state index contributed by atoms with van der Waals surface area (Å²) in [5, 5.41) is 0.298. The van der Waals surface area contributed by atoms with Gasteiger partial charge < -0.3 is 4.74 Å². The molecule has 1 unspecified atom stereocenters. The molecule has 0 radical (unpaired) electrons. The van der Waals surface area contributed by atoms with Gasteiger partial charge >= 0.3 is 6.61 Å². The third-order valence-electron chi connectivity index (χ3n) is 2.92. The van der Waals surface area contributed by atoms with Gasteiger partial charge in [0.25, 0.3) is 0 Å². The van der Waals surface area contributed by atoms with Crippen LogP contribution >= 0.6 is 27.5 Å². The molecule has 2 aromatic carbocycles. The van der Waals surface area contributed by atoms with Crippen LogP contribution in [0.2, 0.25) is 5.02 Å². The summed E-state index contributed by atoms with van der Waals surface area (Å²) in [7, 11) is 0. The summed E-state index contributed by atoms with van der Waals surface area (Å²) in [6.45, 7) is -2.91. The number of hydrogen-bond donors (Lipinski definition) is 0. The maximum absolute atomic E-state index is 13.8. The van der Waals surface area contributed by atoms with Crippen molar-refractivity contribution >= 4 is 27.5 Å². The van der Waals surface area contributed by atoms with Crippen molar-refractivity contribution in [2.24, 2.45) is 0 Å². The van der Waals surface area contributed by atoms with Crippen LogP contribution in [0.4, 0.5) is 13.2 Å². The zero-order valence-electron chi connectivity index (χ0n) is 10.7. The van der Waals surface area contributed by atoms with Crippen molar-refractivity contribution in [3.63, 3.8) is 0 Å². The molecule has 1 atom stereocenters. The van der Waals surface area contributed by atoms with Gasteiger partial charge in [-0.05, 0) is 24.6 Å². The fraction of sp³-hybridized carbons (Fsp3) is 0.200. The third kappa shape index (κ3) is 4.14. The second-order valence-corrected chi connectivity index (χ2v) is 5.80. The molecule has 0 spiro atoms. The number of ether oxygens (including phenoxy) is 1. The Morgan fingerprint density at radius 3 is 2.48 bits per heavy atom. The minimum Gasteiger partial charge on any atom is -0.435 e. The lowest BCUT2D eigenvalue weighted by atomic mass is 10.0. The molecular formula is C15H11BrClF3O. The molecule has 0 saturated heterocycles. The van der Waals surface area contributed by atoms with Crippen LogP contribution in [0.15, 0.2) is 42.5 Å². The summed E-state index contributed by atoms with van der Waals surface area (Å²) in [4.78, 5) is -0.401. The molecule has 2 aromatic rings. The lowest BCUT2D eigenvalue weighted by Gasteiger charge is -2.16. The fourth-order valence-electron chi connectivity index (χ4n) is 1.96. The van der Waals surface area contributed by atoms with Crippen LogP contribution in [0, 0.1) is 5.82 Å². The van der Waals surface area contributed by atoms with Crippen molar-refractivity contribution in [3.05, 3.63) is 64.4 Å². The molecule has 0 bridgehead atoms. The Bertz CT molecular complexity index is 601. The summed E-state index contributed by atoms with van der Waals surface area (Å²) in [6, 6.07) is 10.8. The Balaban J connectivity index is 2.26. The summed E-state index contributed by atoms with van der Waals surface area (Å²) in [5.41, 5.74) is 0.838. The summed E-state index contributed by atoms with van der Waals surface area (Å²) < 4.78 is 43.1. The third-order valence-corrected chi connectivity index (χ3v) is 4.09. The molecule has 0 saturated carbocycles. The van der Waals surface area contributed by atoms with E-state index in [9.17, 15) is 13.2 Å². The topological polar surface area (TPSA) is 9.23 Å². The van der Waals surface area contributed by atoms with E-state index in [1.807, 2.05) is 0 Å². The van der Waals surface area contributed by atoms with Crippen LogP contribution in [0.3, 0.4) is 0 Å². The van der Waals surface area contributed by atoms with Crippen LogP contribution in [0.5, 0.6) is 5.75 Å². The SMILES string of the molecule is Fc1cccc(Cl)c1CC(Br)c1ccccc1OC(F)F. The molecule has 0 aliphatic carbocycles. The molecular weight excluding hydrogens is 369 g/mol. The van der Waals surface area contributed by atoms with Crippen molar-refractivity contribution in [1.82, 2.24) is 0 Å². The molecule has 0 amide bonds. The van der Waals surface area contributed by atoms with Gasteiger partial charge in [-0.1, -0.05) is 51.8 Å². The van der Waals surface area contributed by atoms with E-state index in [1.165, 1.54) is 18.2 Å². The molecule has 1 nitrogen and oxygen atoms in total. The highest BCUT2D eigenvalue weighted by molar-refractivity contribution is 9.09. The van der Waals surface area contributed by atoms with E-state index in [-0.39, 0.29) is 12.2 Å². The zero-order valence-corrected chi connectivity index (χ0v) is 13.0. The van der Waals surface area contributed by atoms with Gasteiger partial charge in [0.15, 0.2) is 0 Å². The van der Waals surface area contributed by atoms with E-state index < -0.39 is 17.3 Å². The van der Waals surface area contributed by atoms with Crippen molar-refractivity contribution in [2.45, 2.75) is 17.9 Å². The standard InChI is InChI=1S/C15H11BrClF3O/c16-11(8-10-12(17)5-3-6-13(10)18)9-4-1-2-7-14(9)21-15(19)20/h1-7,11,15H,8H2. The normalized spacial score (nSPS) is 12.5. The highest BCUT2D eigenvalue weighted by Gasteiger charge is 2.19. The van der Waals surface area contributed by atoms with Crippen molar-refractivity contribution in [1.29, 1.82) is 0 Å². The molecule has 0 N–H and O–H groups in total. The van der Waals surface area contributed by atoms with Gasteiger partial charge in [0.1, 0.15) is 11.6 Å². The van der Waals surface area contributed by atoms with Crippen LogP contribution in [-0.2, 0) is 6.42 Å². The molecule has 6 heteroatoms. The molecule has 0 heterocycles. The fourth-order valence-corrected chi connectivity index (χ4v) is 2.90. The number of para-hydroxylation sites is 1. The second kappa shape index (κ2) is 7.18. The van der Waals surface area contributed by atoms with Crippen molar-refractivity contribution in [2.75, 3.05) is 0 Å². The van der Waals surface area contributed by atoms with E-state index in [0.29, 0.717) is 16.1 Å². The lowest BCUT2D eigenvalue weighted by Crippen LogP contribution is -2.06. The Morgan fingerprint density at radius 2 is 1.81 bits per heavy atom. The van der Waals surface area contributed by atoms with E-state index in [2.05, 4.69) is 20.7 Å². The minimum absolute atomic E-state index is 0.0573. The van der Waals surface area contributed by atoms with Gasteiger partial charge in [-0.15, -0.1) is 0 Å². The molecule has 0 aliphatic rings. The molecule has 0 aliphatic heterocycles. The number of benzene rings is 2. The number of alkyl halides is 3. The van der Waals surface area contributed by atoms with Gasteiger partial charge in [0.2, 0.25) is 0 Å². The second-order valence-electron chi connectivity index (χ2n) is 4.29. The van der Waals surface area contributed by atoms with Crippen LogP contribution in [0.1, 0.15) is 16.0 Å². The Labute approximate surface area is 133 Å². The monoisotopic (exact) mass is 378 g/mol. The minimum atomic E-state index is -2.91. The molecule has 112 valence electrons. The lowest BCUT2D eigenvalue weighted by molar-refractivity contribution is -0.0504. The van der Waals surface area contributed by atoms with E-state index in [1.54, 1.807) is 24.3 Å². The first-order chi connectivity index (χ1) is 9.99. The smallest absolute Gasteiger partial charge is 0.387 e. The van der Waals surface area contributed by atoms with Gasteiger partial charge in [0.05, 0.1) is 0 Å². The van der Waals surface area contributed by atoms with Crippen LogP contribution in [0.25, 0.3) is 0 Å². The van der Waals surface area contributed by atoms with Gasteiger partial charge in [-0.3, -0.25) is 0 Å².